The highest BCUT2D eigenvalue weighted by Gasteiger charge is 2.13. The van der Waals surface area contributed by atoms with Crippen molar-refractivity contribution in [2.45, 2.75) is 90.9 Å². The smallest absolute Gasteiger partial charge is 0.361 e. The molecule has 1 N–H and O–H groups in total. The number of hydrogen-bond acceptors (Lipinski definition) is 2. The lowest BCUT2D eigenvalue weighted by Crippen LogP contribution is -3.13. The number of nitrogens with one attached hydrogen (secondary N) is 1. The average Bonchev–Trinajstić information content (AvgIpc) is 2.53. The zero-order chi connectivity index (χ0) is 16.5. The summed E-state index contributed by atoms with van der Waals surface area (Å²) in [6.07, 6.45) is 15.8. The van der Waals surface area contributed by atoms with Crippen molar-refractivity contribution in [3.63, 3.8) is 0 Å². The molecule has 0 aliphatic carbocycles. The number of rotatable bonds is 16. The van der Waals surface area contributed by atoms with Crippen molar-refractivity contribution in [1.29, 1.82) is 0 Å². The molecule has 0 saturated heterocycles. The van der Waals surface area contributed by atoms with E-state index < -0.39 is 0 Å². The molecule has 0 heterocycles. The minimum Gasteiger partial charge on any atom is -1.00 e. The number of methoxy groups -OCH3 is 1. The second-order valence-electron chi connectivity index (χ2n) is 6.54. The van der Waals surface area contributed by atoms with Crippen molar-refractivity contribution in [3.8, 4) is 0 Å². The van der Waals surface area contributed by atoms with Gasteiger partial charge in [-0.25, -0.2) is 4.79 Å². The Labute approximate surface area is 150 Å². The molecule has 4 heteroatoms. The van der Waals surface area contributed by atoms with Crippen LogP contribution >= 0.6 is 0 Å². The van der Waals surface area contributed by atoms with Crippen molar-refractivity contribution in [2.75, 3.05) is 26.7 Å². The number of esters is 1. The van der Waals surface area contributed by atoms with Gasteiger partial charge in [0.25, 0.3) is 0 Å². The number of quaternary nitrogens is 1. The quantitative estimate of drug-likeness (QED) is 0.329. The van der Waals surface area contributed by atoms with Gasteiger partial charge in [-0.15, -0.1) is 0 Å². The van der Waals surface area contributed by atoms with Gasteiger partial charge in [-0.3, -0.25) is 0 Å². The first-order valence-corrected chi connectivity index (χ1v) is 9.64. The molecule has 0 unspecified atom stereocenters. The molecule has 0 aromatic rings. The third-order valence-electron chi connectivity index (χ3n) is 4.39. The summed E-state index contributed by atoms with van der Waals surface area (Å²) in [5.74, 6) is -0.0630. The summed E-state index contributed by atoms with van der Waals surface area (Å²) in [5.41, 5.74) is 0. The molecule has 0 spiro atoms. The van der Waals surface area contributed by atoms with Crippen LogP contribution in [0.1, 0.15) is 90.9 Å². The molecule has 0 radical (unpaired) electrons. The van der Waals surface area contributed by atoms with Gasteiger partial charge in [0, 0.05) is 0 Å². The number of ether oxygens (including phenoxy) is 1. The van der Waals surface area contributed by atoms with Crippen LogP contribution in [0.2, 0.25) is 0 Å². The summed E-state index contributed by atoms with van der Waals surface area (Å²) in [6.45, 7) is 7.29. The van der Waals surface area contributed by atoms with Gasteiger partial charge >= 0.3 is 5.97 Å². The fourth-order valence-electron chi connectivity index (χ4n) is 2.89. The van der Waals surface area contributed by atoms with Gasteiger partial charge < -0.3 is 22.0 Å². The molecule has 0 saturated carbocycles. The van der Waals surface area contributed by atoms with E-state index in [-0.39, 0.29) is 18.4 Å². The van der Waals surface area contributed by atoms with Gasteiger partial charge in [0.15, 0.2) is 6.54 Å². The van der Waals surface area contributed by atoms with E-state index in [0.29, 0.717) is 6.54 Å². The summed E-state index contributed by atoms with van der Waals surface area (Å²) in [4.78, 5) is 12.9. The Kier molecular flexibility index (Phi) is 21.5. The Bertz CT molecular complexity index is 234. The molecule has 0 amide bonds. The van der Waals surface area contributed by atoms with Crippen LogP contribution in [0.3, 0.4) is 0 Å². The summed E-state index contributed by atoms with van der Waals surface area (Å²) in [5, 5.41) is 0. The van der Waals surface area contributed by atoms with E-state index >= 15 is 0 Å². The molecule has 0 aromatic carbocycles. The van der Waals surface area contributed by atoms with Crippen molar-refractivity contribution in [3.05, 3.63) is 0 Å². The van der Waals surface area contributed by atoms with E-state index in [1.165, 1.54) is 89.1 Å². The third-order valence-corrected chi connectivity index (χ3v) is 4.39. The standard InChI is InChI=1S/C19H39NO2.ClH/c1-4-6-8-10-12-14-16-20(18-19(21)22-3)17-15-13-11-9-7-5-2;/h4-18H2,1-3H3;1H. The van der Waals surface area contributed by atoms with E-state index in [9.17, 15) is 4.79 Å². The SMILES string of the molecule is CCCCCCCC[NH+](CCCCCCCC)CC(=O)OC.[Cl-]. The molecule has 0 rings (SSSR count). The Morgan fingerprint density at radius 3 is 1.52 bits per heavy atom. The highest BCUT2D eigenvalue weighted by Crippen LogP contribution is 2.04. The number of unbranched alkanes of at least 4 members (excludes halogenated alkanes) is 10. The third kappa shape index (κ3) is 17.9. The molecule has 0 aliphatic heterocycles. The normalized spacial score (nSPS) is 10.6. The molecule has 0 aliphatic rings. The molecule has 0 aromatic heterocycles. The van der Waals surface area contributed by atoms with Gasteiger partial charge in [0.2, 0.25) is 0 Å². The average molecular weight is 350 g/mol. The lowest BCUT2D eigenvalue weighted by Gasteiger charge is -2.18. The number of carbonyl (C=O) groups is 1. The monoisotopic (exact) mass is 349 g/mol. The summed E-state index contributed by atoms with van der Waals surface area (Å²) in [6, 6.07) is 0. The van der Waals surface area contributed by atoms with E-state index in [2.05, 4.69) is 13.8 Å². The number of halogens is 1. The fourth-order valence-corrected chi connectivity index (χ4v) is 2.89. The topological polar surface area (TPSA) is 30.7 Å². The first-order chi connectivity index (χ1) is 10.7. The summed E-state index contributed by atoms with van der Waals surface area (Å²) >= 11 is 0. The van der Waals surface area contributed by atoms with Crippen molar-refractivity contribution in [1.82, 2.24) is 0 Å². The predicted molar refractivity (Wildman–Crippen MR) is 94.3 cm³/mol. The van der Waals surface area contributed by atoms with Crippen LogP contribution < -0.4 is 17.3 Å². The molecule has 0 atom stereocenters. The Morgan fingerprint density at radius 2 is 1.13 bits per heavy atom. The molecule has 23 heavy (non-hydrogen) atoms. The first kappa shape index (κ1) is 25.0. The van der Waals surface area contributed by atoms with Crippen LogP contribution in [0.15, 0.2) is 0 Å². The van der Waals surface area contributed by atoms with Crippen LogP contribution in [0.25, 0.3) is 0 Å². The van der Waals surface area contributed by atoms with E-state index in [4.69, 9.17) is 4.74 Å². The lowest BCUT2D eigenvalue weighted by molar-refractivity contribution is -0.893. The van der Waals surface area contributed by atoms with Crippen molar-refractivity contribution in [2.24, 2.45) is 0 Å². The summed E-state index contributed by atoms with van der Waals surface area (Å²) < 4.78 is 4.84. The van der Waals surface area contributed by atoms with Crippen LogP contribution in [0, 0.1) is 0 Å². The van der Waals surface area contributed by atoms with E-state index in [1.807, 2.05) is 0 Å². The minimum absolute atomic E-state index is 0. The predicted octanol–water partition coefficient (Wildman–Crippen LogP) is 0.769. The molecule has 140 valence electrons. The Hall–Kier alpha value is -0.280. The number of carbonyl (C=O) groups excluding carboxylic acids is 1. The van der Waals surface area contributed by atoms with Gasteiger partial charge in [0.1, 0.15) is 0 Å². The minimum atomic E-state index is -0.0630. The van der Waals surface area contributed by atoms with Gasteiger partial charge in [-0.1, -0.05) is 65.2 Å². The highest BCUT2D eigenvalue weighted by molar-refractivity contribution is 5.70. The van der Waals surface area contributed by atoms with Crippen LogP contribution in [0.4, 0.5) is 0 Å². The second-order valence-corrected chi connectivity index (χ2v) is 6.54. The van der Waals surface area contributed by atoms with Crippen LogP contribution in [0.5, 0.6) is 0 Å². The maximum Gasteiger partial charge on any atom is 0.361 e. The van der Waals surface area contributed by atoms with Gasteiger partial charge in [0.05, 0.1) is 20.2 Å². The highest BCUT2D eigenvalue weighted by atomic mass is 35.5. The van der Waals surface area contributed by atoms with Crippen molar-refractivity contribution < 1.29 is 26.8 Å². The number of hydrogen-bond donors (Lipinski definition) is 1. The van der Waals surface area contributed by atoms with E-state index in [0.717, 1.165) is 13.1 Å². The molecular formula is C19H40ClNO2. The molecule has 3 nitrogen and oxygen atoms in total. The summed E-state index contributed by atoms with van der Waals surface area (Å²) in [7, 11) is 1.50. The van der Waals surface area contributed by atoms with Crippen LogP contribution in [-0.2, 0) is 9.53 Å². The zero-order valence-corrected chi connectivity index (χ0v) is 16.6. The van der Waals surface area contributed by atoms with Crippen molar-refractivity contribution >= 4 is 5.97 Å². The fraction of sp³-hybridized carbons (Fsp3) is 0.947. The first-order valence-electron chi connectivity index (χ1n) is 9.64. The van der Waals surface area contributed by atoms with E-state index in [1.54, 1.807) is 0 Å². The molecule has 0 bridgehead atoms. The largest absolute Gasteiger partial charge is 1.00 e. The Balaban J connectivity index is 0. The van der Waals surface area contributed by atoms with Gasteiger partial charge in [-0.05, 0) is 25.7 Å². The lowest BCUT2D eigenvalue weighted by atomic mass is 10.1. The van der Waals surface area contributed by atoms with Gasteiger partial charge in [-0.2, -0.15) is 0 Å². The van der Waals surface area contributed by atoms with Crippen LogP contribution in [-0.4, -0.2) is 32.7 Å². The Morgan fingerprint density at radius 1 is 0.739 bits per heavy atom. The second kappa shape index (κ2) is 19.8. The maximum absolute atomic E-state index is 11.5. The molecular weight excluding hydrogens is 310 g/mol. The zero-order valence-electron chi connectivity index (χ0n) is 15.8. The molecule has 0 fully saturated rings. The maximum atomic E-state index is 11.5.